The van der Waals surface area contributed by atoms with Crippen molar-refractivity contribution in [3.63, 3.8) is 0 Å². The zero-order valence-electron chi connectivity index (χ0n) is 12.7. The summed E-state index contributed by atoms with van der Waals surface area (Å²) in [7, 11) is 0. The minimum Gasteiger partial charge on any atom is -0.303 e. The van der Waals surface area contributed by atoms with E-state index in [0.717, 1.165) is 12.0 Å². The molecule has 112 valence electrons. The molecular weight excluding hydrogens is 248 g/mol. The number of hydrogen-bond donors (Lipinski definition) is 1. The third-order valence-electron chi connectivity index (χ3n) is 5.14. The fourth-order valence-electron chi connectivity index (χ4n) is 3.91. The maximum absolute atomic E-state index is 4.07. The van der Waals surface area contributed by atoms with Gasteiger partial charge in [-0.25, -0.2) is 0 Å². The van der Waals surface area contributed by atoms with Crippen molar-refractivity contribution in [2.75, 3.05) is 32.7 Å². The number of H-pyrrole nitrogens is 1. The smallest absolute Gasteiger partial charge is 0.0490 e. The van der Waals surface area contributed by atoms with E-state index in [1.54, 1.807) is 0 Å². The van der Waals surface area contributed by atoms with Gasteiger partial charge in [-0.1, -0.05) is 6.92 Å². The first kappa shape index (κ1) is 14.1. The molecule has 1 aromatic rings. The van der Waals surface area contributed by atoms with Crippen LogP contribution in [0.3, 0.4) is 0 Å². The van der Waals surface area contributed by atoms with E-state index in [1.165, 1.54) is 70.5 Å². The summed E-state index contributed by atoms with van der Waals surface area (Å²) in [6.07, 6.45) is 8.52. The van der Waals surface area contributed by atoms with Crippen LogP contribution in [-0.4, -0.2) is 58.8 Å². The summed E-state index contributed by atoms with van der Waals surface area (Å²) in [4.78, 5) is 5.36. The lowest BCUT2D eigenvalue weighted by molar-refractivity contribution is 0.0729. The van der Waals surface area contributed by atoms with Crippen LogP contribution in [0.2, 0.25) is 0 Å². The maximum Gasteiger partial charge on any atom is 0.0490 e. The Morgan fingerprint density at radius 3 is 2.80 bits per heavy atom. The molecule has 0 saturated carbocycles. The van der Waals surface area contributed by atoms with Crippen LogP contribution in [0.15, 0.2) is 12.3 Å². The van der Waals surface area contributed by atoms with Crippen LogP contribution in [0.25, 0.3) is 0 Å². The monoisotopic (exact) mass is 276 g/mol. The average molecular weight is 276 g/mol. The Morgan fingerprint density at radius 1 is 1.25 bits per heavy atom. The van der Waals surface area contributed by atoms with Gasteiger partial charge in [-0.05, 0) is 70.3 Å². The lowest BCUT2D eigenvalue weighted by Crippen LogP contribution is -2.48. The summed E-state index contributed by atoms with van der Waals surface area (Å²) in [5.41, 5.74) is 1.30. The minimum absolute atomic E-state index is 0.813. The van der Waals surface area contributed by atoms with Crippen molar-refractivity contribution in [1.29, 1.82) is 0 Å². The largest absolute Gasteiger partial charge is 0.303 e. The van der Waals surface area contributed by atoms with Gasteiger partial charge in [0, 0.05) is 24.5 Å². The Hall–Kier alpha value is -0.870. The Bertz CT molecular complexity index is 381. The van der Waals surface area contributed by atoms with E-state index < -0.39 is 0 Å². The second kappa shape index (κ2) is 6.72. The zero-order valence-corrected chi connectivity index (χ0v) is 12.7. The van der Waals surface area contributed by atoms with Crippen LogP contribution in [0.4, 0.5) is 0 Å². The molecule has 2 saturated heterocycles. The summed E-state index contributed by atoms with van der Waals surface area (Å²) in [5.74, 6) is 0.813. The molecule has 1 atom stereocenters. The van der Waals surface area contributed by atoms with Gasteiger partial charge < -0.3 is 9.80 Å². The summed E-state index contributed by atoms with van der Waals surface area (Å²) in [5, 5.41) is 7.19. The molecule has 0 aliphatic carbocycles. The molecule has 3 heterocycles. The molecule has 0 amide bonds. The second-order valence-electron chi connectivity index (χ2n) is 6.45. The van der Waals surface area contributed by atoms with E-state index >= 15 is 0 Å². The first-order valence-corrected chi connectivity index (χ1v) is 8.30. The molecule has 2 fully saturated rings. The molecule has 4 nitrogen and oxygen atoms in total. The first-order chi connectivity index (χ1) is 9.85. The fourth-order valence-corrected chi connectivity index (χ4v) is 3.91. The van der Waals surface area contributed by atoms with Crippen molar-refractivity contribution >= 4 is 0 Å². The van der Waals surface area contributed by atoms with Gasteiger partial charge in [0.05, 0.1) is 0 Å². The van der Waals surface area contributed by atoms with Gasteiger partial charge in [0.25, 0.3) is 0 Å². The van der Waals surface area contributed by atoms with E-state index in [9.17, 15) is 0 Å². The minimum atomic E-state index is 0.813. The highest BCUT2D eigenvalue weighted by atomic mass is 15.2. The Labute approximate surface area is 122 Å². The van der Waals surface area contributed by atoms with E-state index in [0.29, 0.717) is 0 Å². The number of hydrogen-bond acceptors (Lipinski definition) is 3. The Morgan fingerprint density at radius 2 is 2.10 bits per heavy atom. The van der Waals surface area contributed by atoms with E-state index in [4.69, 9.17) is 0 Å². The van der Waals surface area contributed by atoms with Gasteiger partial charge in [-0.15, -0.1) is 0 Å². The van der Waals surface area contributed by atoms with Crippen molar-refractivity contribution in [2.24, 2.45) is 5.92 Å². The molecule has 3 rings (SSSR count). The third-order valence-corrected chi connectivity index (χ3v) is 5.14. The third kappa shape index (κ3) is 3.41. The lowest BCUT2D eigenvalue weighted by Gasteiger charge is -2.42. The normalized spacial score (nSPS) is 26.9. The molecule has 4 heteroatoms. The van der Waals surface area contributed by atoms with Gasteiger partial charge in [0.2, 0.25) is 0 Å². The Kier molecular flexibility index (Phi) is 4.73. The summed E-state index contributed by atoms with van der Waals surface area (Å²) in [6, 6.07) is 2.96. The van der Waals surface area contributed by atoms with Gasteiger partial charge in [0.1, 0.15) is 0 Å². The highest BCUT2D eigenvalue weighted by molar-refractivity contribution is 5.00. The molecule has 1 aromatic heterocycles. The SMILES string of the molecule is CCN1CCC(N2CCC[C@@H](Cc3ccn[nH]3)C2)CC1. The van der Waals surface area contributed by atoms with E-state index in [-0.39, 0.29) is 0 Å². The molecular formula is C16H28N4. The lowest BCUT2D eigenvalue weighted by atomic mass is 9.91. The molecule has 1 N–H and O–H groups in total. The number of nitrogens with zero attached hydrogens (tertiary/aromatic N) is 3. The van der Waals surface area contributed by atoms with Gasteiger partial charge in [0.15, 0.2) is 0 Å². The van der Waals surface area contributed by atoms with Crippen LogP contribution < -0.4 is 0 Å². The molecule has 0 unspecified atom stereocenters. The van der Waals surface area contributed by atoms with Crippen molar-refractivity contribution in [2.45, 2.75) is 45.1 Å². The van der Waals surface area contributed by atoms with Crippen molar-refractivity contribution < 1.29 is 0 Å². The molecule has 20 heavy (non-hydrogen) atoms. The zero-order chi connectivity index (χ0) is 13.8. The first-order valence-electron chi connectivity index (χ1n) is 8.30. The highest BCUT2D eigenvalue weighted by Crippen LogP contribution is 2.25. The van der Waals surface area contributed by atoms with Crippen LogP contribution >= 0.6 is 0 Å². The number of aromatic amines is 1. The summed E-state index contributed by atoms with van der Waals surface area (Å²) in [6.45, 7) is 8.69. The topological polar surface area (TPSA) is 35.2 Å². The van der Waals surface area contributed by atoms with Crippen LogP contribution in [-0.2, 0) is 6.42 Å². The summed E-state index contributed by atoms with van der Waals surface area (Å²) < 4.78 is 0. The number of aromatic nitrogens is 2. The molecule has 0 bridgehead atoms. The van der Waals surface area contributed by atoms with Crippen molar-refractivity contribution in [3.8, 4) is 0 Å². The second-order valence-corrected chi connectivity index (χ2v) is 6.45. The van der Waals surface area contributed by atoms with Crippen LogP contribution in [0.5, 0.6) is 0 Å². The van der Waals surface area contributed by atoms with E-state index in [1.807, 2.05) is 6.20 Å². The van der Waals surface area contributed by atoms with Crippen molar-refractivity contribution in [3.05, 3.63) is 18.0 Å². The average Bonchev–Trinajstić information content (AvgIpc) is 3.01. The van der Waals surface area contributed by atoms with Gasteiger partial charge in [-0.3, -0.25) is 5.10 Å². The number of likely N-dealkylation sites (tertiary alicyclic amines) is 2. The molecule has 0 aromatic carbocycles. The predicted molar refractivity (Wildman–Crippen MR) is 81.7 cm³/mol. The predicted octanol–water partition coefficient (Wildman–Crippen LogP) is 2.15. The van der Waals surface area contributed by atoms with Gasteiger partial charge >= 0.3 is 0 Å². The molecule has 2 aliphatic rings. The van der Waals surface area contributed by atoms with E-state index in [2.05, 4.69) is 33.0 Å². The van der Waals surface area contributed by atoms with Crippen molar-refractivity contribution in [1.82, 2.24) is 20.0 Å². The van der Waals surface area contributed by atoms with Crippen LogP contribution in [0, 0.1) is 5.92 Å². The number of nitrogens with one attached hydrogen (secondary N) is 1. The Balaban J connectivity index is 1.50. The molecule has 0 radical (unpaired) electrons. The van der Waals surface area contributed by atoms with Crippen LogP contribution in [0.1, 0.15) is 38.3 Å². The highest BCUT2D eigenvalue weighted by Gasteiger charge is 2.28. The maximum atomic E-state index is 4.07. The molecule has 2 aliphatic heterocycles. The quantitative estimate of drug-likeness (QED) is 0.915. The van der Waals surface area contributed by atoms with Gasteiger partial charge in [-0.2, -0.15) is 5.10 Å². The fraction of sp³-hybridized carbons (Fsp3) is 0.812. The molecule has 0 spiro atoms. The number of piperidine rings is 2. The summed E-state index contributed by atoms with van der Waals surface area (Å²) >= 11 is 0. The number of rotatable bonds is 4. The standard InChI is InChI=1S/C16H28N4/c1-2-19-10-6-16(7-11-19)20-9-3-4-14(13-20)12-15-5-8-17-18-15/h5,8,14,16H,2-4,6-7,9-13H2,1H3,(H,17,18)/t14-/m0/s1.